The highest BCUT2D eigenvalue weighted by Crippen LogP contribution is 2.48. The molecule has 3 heteroatoms. The van der Waals surface area contributed by atoms with Crippen molar-refractivity contribution in [2.75, 3.05) is 19.6 Å². The van der Waals surface area contributed by atoms with Gasteiger partial charge in [0.1, 0.15) is 0 Å². The average Bonchev–Trinajstić information content (AvgIpc) is 2.26. The SMILES string of the molecule is CC1CN(C2(CN)CCCCC2(C)C)CC(C)(C)O1. The van der Waals surface area contributed by atoms with Gasteiger partial charge in [-0.3, -0.25) is 4.90 Å². The van der Waals surface area contributed by atoms with Gasteiger partial charge in [-0.05, 0) is 39.0 Å². The molecule has 0 radical (unpaired) electrons. The van der Waals surface area contributed by atoms with Crippen LogP contribution in [0.5, 0.6) is 0 Å². The van der Waals surface area contributed by atoms with Gasteiger partial charge in [0.15, 0.2) is 0 Å². The van der Waals surface area contributed by atoms with Crippen molar-refractivity contribution in [1.29, 1.82) is 0 Å². The summed E-state index contributed by atoms with van der Waals surface area (Å²) in [7, 11) is 0. The second-order valence-electron chi connectivity index (χ2n) is 7.90. The van der Waals surface area contributed by atoms with Gasteiger partial charge in [0.25, 0.3) is 0 Å². The van der Waals surface area contributed by atoms with Crippen molar-refractivity contribution in [3.8, 4) is 0 Å². The predicted molar refractivity (Wildman–Crippen MR) is 80.2 cm³/mol. The molecule has 1 saturated heterocycles. The van der Waals surface area contributed by atoms with Gasteiger partial charge < -0.3 is 10.5 Å². The molecular weight excluding hydrogens is 236 g/mol. The van der Waals surface area contributed by atoms with E-state index >= 15 is 0 Å². The highest BCUT2D eigenvalue weighted by atomic mass is 16.5. The number of morpholine rings is 1. The maximum atomic E-state index is 6.30. The summed E-state index contributed by atoms with van der Waals surface area (Å²) in [6, 6.07) is 0. The lowest BCUT2D eigenvalue weighted by atomic mass is 9.61. The van der Waals surface area contributed by atoms with Crippen LogP contribution >= 0.6 is 0 Å². The Morgan fingerprint density at radius 2 is 1.79 bits per heavy atom. The van der Waals surface area contributed by atoms with Crippen LogP contribution in [-0.2, 0) is 4.74 Å². The minimum absolute atomic E-state index is 0.0621. The molecule has 112 valence electrons. The van der Waals surface area contributed by atoms with Crippen molar-refractivity contribution in [2.45, 2.75) is 77.5 Å². The maximum absolute atomic E-state index is 6.30. The fourth-order valence-corrected chi connectivity index (χ4v) is 4.43. The molecule has 1 aliphatic carbocycles. The average molecular weight is 268 g/mol. The molecule has 0 aromatic rings. The van der Waals surface area contributed by atoms with Crippen LogP contribution in [0, 0.1) is 5.41 Å². The Bertz CT molecular complexity index is 327. The summed E-state index contributed by atoms with van der Waals surface area (Å²) < 4.78 is 6.07. The summed E-state index contributed by atoms with van der Waals surface area (Å²) >= 11 is 0. The third kappa shape index (κ3) is 2.70. The highest BCUT2D eigenvalue weighted by Gasteiger charge is 2.52. The van der Waals surface area contributed by atoms with E-state index in [1.165, 1.54) is 25.7 Å². The molecule has 0 aromatic carbocycles. The Kier molecular flexibility index (Phi) is 4.03. The minimum atomic E-state index is -0.0621. The zero-order chi connectivity index (χ0) is 14.3. The molecule has 1 saturated carbocycles. The van der Waals surface area contributed by atoms with Gasteiger partial charge in [0, 0.05) is 25.2 Å². The second-order valence-corrected chi connectivity index (χ2v) is 7.90. The number of nitrogens with two attached hydrogens (primary N) is 1. The van der Waals surface area contributed by atoms with E-state index < -0.39 is 0 Å². The van der Waals surface area contributed by atoms with Crippen molar-refractivity contribution >= 4 is 0 Å². The first-order valence-corrected chi connectivity index (χ1v) is 7.85. The molecule has 2 fully saturated rings. The van der Waals surface area contributed by atoms with Crippen molar-refractivity contribution in [1.82, 2.24) is 4.90 Å². The number of hydrogen-bond donors (Lipinski definition) is 1. The summed E-state index contributed by atoms with van der Waals surface area (Å²) in [5.41, 5.74) is 6.69. The largest absolute Gasteiger partial charge is 0.370 e. The van der Waals surface area contributed by atoms with Crippen molar-refractivity contribution in [3.05, 3.63) is 0 Å². The predicted octanol–water partition coefficient (Wildman–Crippen LogP) is 2.78. The number of rotatable bonds is 2. The standard InChI is InChI=1S/C16H32N2O/c1-13-10-18(12-15(4,5)19-13)16(11-17)9-7-6-8-14(16,2)3/h13H,6-12,17H2,1-5H3. The molecule has 2 aliphatic rings. The van der Waals surface area contributed by atoms with Crippen LogP contribution in [0.4, 0.5) is 0 Å². The molecule has 0 spiro atoms. The van der Waals surface area contributed by atoms with Crippen LogP contribution in [0.2, 0.25) is 0 Å². The molecule has 2 rings (SSSR count). The molecule has 3 nitrogen and oxygen atoms in total. The van der Waals surface area contributed by atoms with E-state index in [9.17, 15) is 0 Å². The van der Waals surface area contributed by atoms with Gasteiger partial charge in [-0.1, -0.05) is 26.7 Å². The van der Waals surface area contributed by atoms with E-state index in [0.29, 0.717) is 11.5 Å². The fourth-order valence-electron chi connectivity index (χ4n) is 4.43. The van der Waals surface area contributed by atoms with Crippen LogP contribution in [0.25, 0.3) is 0 Å². The van der Waals surface area contributed by atoms with E-state index in [-0.39, 0.29) is 11.1 Å². The number of hydrogen-bond acceptors (Lipinski definition) is 3. The normalized spacial score (nSPS) is 39.2. The lowest BCUT2D eigenvalue weighted by Gasteiger charge is -2.59. The third-order valence-electron chi connectivity index (χ3n) is 5.41. The first-order chi connectivity index (χ1) is 8.72. The molecule has 0 aromatic heterocycles. The molecule has 2 atom stereocenters. The van der Waals surface area contributed by atoms with Gasteiger partial charge in [-0.25, -0.2) is 0 Å². The van der Waals surface area contributed by atoms with Crippen molar-refractivity contribution in [2.24, 2.45) is 11.1 Å². The Morgan fingerprint density at radius 1 is 1.16 bits per heavy atom. The van der Waals surface area contributed by atoms with Crippen LogP contribution in [0.15, 0.2) is 0 Å². The molecule has 0 amide bonds. The van der Waals surface area contributed by atoms with E-state index in [2.05, 4.69) is 39.5 Å². The smallest absolute Gasteiger partial charge is 0.0757 e. The van der Waals surface area contributed by atoms with Gasteiger partial charge in [0.2, 0.25) is 0 Å². The summed E-state index contributed by atoms with van der Waals surface area (Å²) in [5, 5.41) is 0. The second kappa shape index (κ2) is 5.01. The fraction of sp³-hybridized carbons (Fsp3) is 1.00. The Hall–Kier alpha value is -0.120. The monoisotopic (exact) mass is 268 g/mol. The third-order valence-corrected chi connectivity index (χ3v) is 5.41. The van der Waals surface area contributed by atoms with Crippen LogP contribution in [-0.4, -0.2) is 41.8 Å². The van der Waals surface area contributed by atoms with Crippen molar-refractivity contribution < 1.29 is 4.74 Å². The Balaban J connectivity index is 2.29. The molecule has 0 bridgehead atoms. The van der Waals surface area contributed by atoms with E-state index in [1.807, 2.05) is 0 Å². The quantitative estimate of drug-likeness (QED) is 0.837. The lowest BCUT2D eigenvalue weighted by molar-refractivity contribution is -0.176. The van der Waals surface area contributed by atoms with Gasteiger partial charge >= 0.3 is 0 Å². The maximum Gasteiger partial charge on any atom is 0.0757 e. The van der Waals surface area contributed by atoms with Crippen LogP contribution in [0.3, 0.4) is 0 Å². The highest BCUT2D eigenvalue weighted by molar-refractivity contribution is 5.07. The lowest BCUT2D eigenvalue weighted by Crippen LogP contribution is -2.69. The molecule has 2 N–H and O–H groups in total. The van der Waals surface area contributed by atoms with E-state index in [1.54, 1.807) is 0 Å². The zero-order valence-electron chi connectivity index (χ0n) is 13.5. The summed E-state index contributed by atoms with van der Waals surface area (Å²) in [5.74, 6) is 0. The molecule has 1 aliphatic heterocycles. The van der Waals surface area contributed by atoms with Gasteiger partial charge in [-0.2, -0.15) is 0 Å². The van der Waals surface area contributed by atoms with Crippen LogP contribution in [0.1, 0.15) is 60.3 Å². The number of ether oxygens (including phenoxy) is 1. The van der Waals surface area contributed by atoms with Crippen molar-refractivity contribution in [3.63, 3.8) is 0 Å². The molecule has 19 heavy (non-hydrogen) atoms. The van der Waals surface area contributed by atoms with Crippen LogP contribution < -0.4 is 5.73 Å². The Labute approximate surface area is 118 Å². The molecule has 1 heterocycles. The first kappa shape index (κ1) is 15.3. The number of nitrogens with zero attached hydrogens (tertiary/aromatic N) is 1. The Morgan fingerprint density at radius 3 is 2.32 bits per heavy atom. The van der Waals surface area contributed by atoms with Gasteiger partial charge in [0.05, 0.1) is 11.7 Å². The summed E-state index contributed by atoms with van der Waals surface area (Å²) in [4.78, 5) is 2.65. The zero-order valence-corrected chi connectivity index (χ0v) is 13.5. The first-order valence-electron chi connectivity index (χ1n) is 7.85. The topological polar surface area (TPSA) is 38.5 Å². The molecular formula is C16H32N2O. The summed E-state index contributed by atoms with van der Waals surface area (Å²) in [6.45, 7) is 14.2. The van der Waals surface area contributed by atoms with E-state index in [4.69, 9.17) is 10.5 Å². The molecule has 2 unspecified atom stereocenters. The summed E-state index contributed by atoms with van der Waals surface area (Å²) in [6.07, 6.45) is 5.48. The van der Waals surface area contributed by atoms with E-state index in [0.717, 1.165) is 19.6 Å². The minimum Gasteiger partial charge on any atom is -0.370 e. The van der Waals surface area contributed by atoms with Gasteiger partial charge in [-0.15, -0.1) is 0 Å².